The highest BCUT2D eigenvalue weighted by Gasteiger charge is 2.24. The number of carbonyl (C=O) groups excluding carboxylic acids is 2. The average Bonchev–Trinajstić information content (AvgIpc) is 2.60. The van der Waals surface area contributed by atoms with Gasteiger partial charge >= 0.3 is 0 Å². The van der Waals surface area contributed by atoms with Gasteiger partial charge in [0.1, 0.15) is 0 Å². The Hall–Kier alpha value is -2.51. The number of Topliss-reactive ketones (excluding diaryl/α,β-unsaturated/α-hetero) is 1. The lowest BCUT2D eigenvalue weighted by Gasteiger charge is -2.20. The first-order chi connectivity index (χ1) is 12.2. The van der Waals surface area contributed by atoms with Gasteiger partial charge in [-0.15, -0.1) is 0 Å². The molecular formula is C19H22N2O4S. The number of benzene rings is 2. The molecule has 0 saturated carbocycles. The lowest BCUT2D eigenvalue weighted by Crippen LogP contribution is -2.44. The fraction of sp³-hybridized carbons (Fsp3) is 0.263. The number of ketones is 1. The van der Waals surface area contributed by atoms with Gasteiger partial charge in [0.2, 0.25) is 10.0 Å². The van der Waals surface area contributed by atoms with Crippen molar-refractivity contribution >= 4 is 21.7 Å². The highest BCUT2D eigenvalue weighted by molar-refractivity contribution is 7.89. The van der Waals surface area contributed by atoms with Gasteiger partial charge in [-0.1, -0.05) is 44.2 Å². The molecule has 0 fully saturated rings. The maximum atomic E-state index is 12.5. The summed E-state index contributed by atoms with van der Waals surface area (Å²) in [5.41, 5.74) is 1.20. The van der Waals surface area contributed by atoms with Crippen molar-refractivity contribution in [2.75, 3.05) is 0 Å². The topological polar surface area (TPSA) is 106 Å². The fourth-order valence-corrected chi connectivity index (χ4v) is 3.03. The second-order valence-electron chi connectivity index (χ2n) is 6.34. The van der Waals surface area contributed by atoms with Gasteiger partial charge in [0.05, 0.1) is 10.9 Å². The second-order valence-corrected chi connectivity index (χ2v) is 7.90. The zero-order chi connectivity index (χ0) is 19.3. The van der Waals surface area contributed by atoms with Crippen LogP contribution in [0.15, 0.2) is 59.5 Å². The van der Waals surface area contributed by atoms with Crippen LogP contribution in [0, 0.1) is 5.92 Å². The fourth-order valence-electron chi connectivity index (χ4n) is 2.51. The van der Waals surface area contributed by atoms with Crippen LogP contribution in [0.2, 0.25) is 0 Å². The third kappa shape index (κ3) is 5.24. The molecule has 0 heterocycles. The van der Waals surface area contributed by atoms with Crippen LogP contribution >= 0.6 is 0 Å². The molecule has 0 saturated heterocycles. The normalized spacial score (nSPS) is 12.6. The first-order valence-corrected chi connectivity index (χ1v) is 9.74. The average molecular weight is 374 g/mol. The summed E-state index contributed by atoms with van der Waals surface area (Å²) < 4.78 is 22.6. The van der Waals surface area contributed by atoms with Crippen molar-refractivity contribution in [1.29, 1.82) is 0 Å². The highest BCUT2D eigenvalue weighted by Crippen LogP contribution is 2.12. The predicted molar refractivity (Wildman–Crippen MR) is 99.1 cm³/mol. The Labute approximate surface area is 153 Å². The molecule has 3 N–H and O–H groups in total. The second kappa shape index (κ2) is 8.25. The Morgan fingerprint density at radius 3 is 2.08 bits per heavy atom. The number of sulfonamides is 1. The van der Waals surface area contributed by atoms with E-state index in [1.807, 2.05) is 30.3 Å². The Morgan fingerprint density at radius 1 is 1.00 bits per heavy atom. The summed E-state index contributed by atoms with van der Waals surface area (Å²) in [6.07, 6.45) is 0.388. The summed E-state index contributed by atoms with van der Waals surface area (Å²) in [6.45, 7) is 3.57. The summed E-state index contributed by atoms with van der Waals surface area (Å²) in [6, 6.07) is 14.0. The number of nitrogens with two attached hydrogens (primary N) is 1. The van der Waals surface area contributed by atoms with E-state index in [0.717, 1.165) is 5.56 Å². The predicted octanol–water partition coefficient (Wildman–Crippen LogP) is 1.90. The maximum absolute atomic E-state index is 12.5. The molecule has 6 nitrogen and oxygen atoms in total. The molecule has 0 aliphatic rings. The van der Waals surface area contributed by atoms with Gasteiger partial charge in [0.15, 0.2) is 5.78 Å². The van der Waals surface area contributed by atoms with E-state index < -0.39 is 22.0 Å². The van der Waals surface area contributed by atoms with Gasteiger partial charge in [-0.2, -0.15) is 0 Å². The summed E-state index contributed by atoms with van der Waals surface area (Å²) in [5, 5.41) is 7.80. The molecule has 0 bridgehead atoms. The van der Waals surface area contributed by atoms with Gasteiger partial charge in [0, 0.05) is 11.5 Å². The minimum absolute atomic E-state index is 0.0663. The van der Waals surface area contributed by atoms with Crippen LogP contribution in [0.25, 0.3) is 0 Å². The lowest BCUT2D eigenvalue weighted by atomic mass is 9.95. The largest absolute Gasteiger partial charge is 0.342 e. The van der Waals surface area contributed by atoms with Gasteiger partial charge in [-0.25, -0.2) is 13.6 Å². The van der Waals surface area contributed by atoms with E-state index in [9.17, 15) is 18.0 Å². The van der Waals surface area contributed by atoms with Crippen LogP contribution in [0.3, 0.4) is 0 Å². The molecule has 1 unspecified atom stereocenters. The molecule has 0 aliphatic heterocycles. The molecule has 2 rings (SSSR count). The van der Waals surface area contributed by atoms with E-state index in [0.29, 0.717) is 6.42 Å². The smallest absolute Gasteiger partial charge is 0.251 e. The Balaban J connectivity index is 2.19. The summed E-state index contributed by atoms with van der Waals surface area (Å²) in [4.78, 5) is 24.9. The third-order valence-electron chi connectivity index (χ3n) is 3.95. The molecule has 2 aromatic rings. The summed E-state index contributed by atoms with van der Waals surface area (Å²) in [7, 11) is -3.82. The van der Waals surface area contributed by atoms with Crippen LogP contribution in [-0.4, -0.2) is 26.2 Å². The van der Waals surface area contributed by atoms with Gasteiger partial charge in [-0.05, 0) is 36.2 Å². The molecule has 2 aromatic carbocycles. The summed E-state index contributed by atoms with van der Waals surface area (Å²) >= 11 is 0. The van der Waals surface area contributed by atoms with Crippen LogP contribution < -0.4 is 10.5 Å². The minimum atomic E-state index is -3.82. The molecule has 0 radical (unpaired) electrons. The van der Waals surface area contributed by atoms with Crippen molar-refractivity contribution in [2.24, 2.45) is 11.1 Å². The van der Waals surface area contributed by atoms with Crippen molar-refractivity contribution in [3.8, 4) is 0 Å². The van der Waals surface area contributed by atoms with Crippen molar-refractivity contribution in [3.05, 3.63) is 65.7 Å². The quantitative estimate of drug-likeness (QED) is 0.772. The first-order valence-electron chi connectivity index (χ1n) is 8.20. The van der Waals surface area contributed by atoms with Gasteiger partial charge < -0.3 is 5.32 Å². The van der Waals surface area contributed by atoms with Crippen LogP contribution in [0.5, 0.6) is 0 Å². The molecule has 0 spiro atoms. The highest BCUT2D eigenvalue weighted by atomic mass is 32.2. The monoisotopic (exact) mass is 374 g/mol. The van der Waals surface area contributed by atoms with E-state index in [2.05, 4.69) is 5.32 Å². The number of hydrogen-bond donors (Lipinski definition) is 2. The maximum Gasteiger partial charge on any atom is 0.251 e. The number of amides is 1. The number of carbonyl (C=O) groups is 2. The first kappa shape index (κ1) is 19.8. The molecule has 138 valence electrons. The molecule has 1 atom stereocenters. The van der Waals surface area contributed by atoms with E-state index in [1.54, 1.807) is 13.8 Å². The SMILES string of the molecule is CC(C)C(=O)C(Cc1ccccc1)NC(=O)c1ccc(S(N)(=O)=O)cc1. The van der Waals surface area contributed by atoms with Crippen molar-refractivity contribution in [2.45, 2.75) is 31.2 Å². The number of rotatable bonds is 7. The Morgan fingerprint density at radius 2 is 1.58 bits per heavy atom. The molecule has 7 heteroatoms. The number of nitrogens with one attached hydrogen (secondary N) is 1. The van der Waals surface area contributed by atoms with E-state index in [-0.39, 0.29) is 22.2 Å². The van der Waals surface area contributed by atoms with E-state index in [1.165, 1.54) is 24.3 Å². The molecule has 0 aromatic heterocycles. The van der Waals surface area contributed by atoms with Crippen LogP contribution in [0.4, 0.5) is 0 Å². The molecular weight excluding hydrogens is 352 g/mol. The molecule has 0 aliphatic carbocycles. The van der Waals surface area contributed by atoms with Gasteiger partial charge in [-0.3, -0.25) is 9.59 Å². The zero-order valence-corrected chi connectivity index (χ0v) is 15.5. The number of hydrogen-bond acceptors (Lipinski definition) is 4. The van der Waals surface area contributed by atoms with E-state index >= 15 is 0 Å². The van der Waals surface area contributed by atoms with E-state index in [4.69, 9.17) is 5.14 Å². The lowest BCUT2D eigenvalue weighted by molar-refractivity contribution is -0.123. The molecule has 26 heavy (non-hydrogen) atoms. The van der Waals surface area contributed by atoms with Crippen molar-refractivity contribution in [1.82, 2.24) is 5.32 Å². The standard InChI is InChI=1S/C19H22N2O4S/c1-13(2)18(22)17(12-14-6-4-3-5-7-14)21-19(23)15-8-10-16(11-9-15)26(20,24)25/h3-11,13,17H,12H2,1-2H3,(H,21,23)(H2,20,24,25). The summed E-state index contributed by atoms with van der Waals surface area (Å²) in [5.74, 6) is -0.738. The Bertz CT molecular complexity index is 876. The van der Waals surface area contributed by atoms with Crippen LogP contribution in [0.1, 0.15) is 29.8 Å². The minimum Gasteiger partial charge on any atom is -0.342 e. The van der Waals surface area contributed by atoms with Crippen molar-refractivity contribution in [3.63, 3.8) is 0 Å². The van der Waals surface area contributed by atoms with Gasteiger partial charge in [0.25, 0.3) is 5.91 Å². The molecule has 1 amide bonds. The number of primary sulfonamides is 1. The Kier molecular flexibility index (Phi) is 6.28. The third-order valence-corrected chi connectivity index (χ3v) is 4.87. The van der Waals surface area contributed by atoms with Crippen LogP contribution in [-0.2, 0) is 21.2 Å². The zero-order valence-electron chi connectivity index (χ0n) is 14.7. The van der Waals surface area contributed by atoms with Crippen molar-refractivity contribution < 1.29 is 18.0 Å².